The molecule has 0 bridgehead atoms. The van der Waals surface area contributed by atoms with Crippen LogP contribution in [0.15, 0.2) is 35.9 Å². The number of aromatic hydroxyl groups is 1. The Labute approximate surface area is 743 Å². The second kappa shape index (κ2) is 39.7. The zero-order chi connectivity index (χ0) is 93.7. The SMILES string of the molecule is COc1ccc(C=CC(=O)OC[C@H]2O[C@@H](O[C@H]3[C@H](O)[C@@H](O)[C@H](O[C@@H]4CO[C@@H](O[C@@H]5[C@@H](O)[C@H](C)O[C@@H](O[C@H]6[C@H](O[C@H]7CC[C@@]8(C)[C@@H](CC[C@]9(C)[C@@H]8CC=C8C%10CC(C)(C)CC[C@]%10(C(=O)O[C@@H]%10O[C@H](CO[C@@H]%11O[C@H](CO)[C@@H](O[C@@H]%12O[C@@H](C)[C@H](O)[C@@H](O)[C@H]%12O)[C@H](O)[C@H]%11O)[C@@H](O)[C@H](O)[C@H]%10O)CC[C@]89C)[C@]7(C)CO)OC[C@H](O)[C@@H]6O)[C@@H]5O)[C@H](O)[C@@H]4O)O[C@@H]3CO)[C@H](O)[C@@H](O)[C@@H]2O)cc1O. The molecule has 8 saturated heterocycles. The highest BCUT2D eigenvalue weighted by Gasteiger charge is 2.72. The van der Waals surface area contributed by atoms with Crippen LogP contribution in [-0.4, -0.2) is 422 Å². The van der Waals surface area contributed by atoms with Crippen molar-refractivity contribution in [3.05, 3.63) is 41.5 Å². The van der Waals surface area contributed by atoms with Crippen molar-refractivity contribution in [2.45, 2.75) is 359 Å². The third-order valence-corrected chi connectivity index (χ3v) is 31.0. The summed E-state index contributed by atoms with van der Waals surface area (Å²) in [5, 5.41) is 256. The number of hydrogen-bond donors (Lipinski definition) is 23. The molecule has 1 unspecified atom stereocenters. The van der Waals surface area contributed by atoms with Crippen LogP contribution in [0.4, 0.5) is 0 Å². The number of aliphatic hydroxyl groups excluding tert-OH is 22. The lowest BCUT2D eigenvalue weighted by atomic mass is 9.33. The number of benzene rings is 1. The molecule has 43 heteroatoms. The van der Waals surface area contributed by atoms with Crippen LogP contribution >= 0.6 is 0 Å². The molecule has 0 spiro atoms. The number of phenolic OH excluding ortho intramolecular Hbond substituents is 1. The van der Waals surface area contributed by atoms with Crippen LogP contribution in [-0.2, 0) is 90.1 Å². The van der Waals surface area contributed by atoms with Crippen molar-refractivity contribution in [3.8, 4) is 11.5 Å². The average Bonchev–Trinajstić information content (AvgIpc) is 0.669. The van der Waals surface area contributed by atoms with Crippen LogP contribution in [0.3, 0.4) is 0 Å². The quantitative estimate of drug-likeness (QED) is 0.0187. The van der Waals surface area contributed by atoms with E-state index < -0.39 is 318 Å². The number of carbonyl (C=O) groups is 2. The fraction of sp³-hybridized carbons (Fsp3) is 0.860. The van der Waals surface area contributed by atoms with Gasteiger partial charge < -0.3 is 203 Å². The number of carbonyl (C=O) groups excluding carboxylic acids is 2. The summed E-state index contributed by atoms with van der Waals surface area (Å²) in [6.07, 6.45) is -57.8. The molecule has 5 aliphatic carbocycles. The fourth-order valence-electron chi connectivity index (χ4n) is 22.8. The summed E-state index contributed by atoms with van der Waals surface area (Å²) in [6.45, 7) is 11.2. The second-order valence-electron chi connectivity index (χ2n) is 39.2. The Morgan fingerprint density at radius 2 is 1.02 bits per heavy atom. The van der Waals surface area contributed by atoms with E-state index in [9.17, 15) is 122 Å². The molecule has 47 atom stereocenters. The van der Waals surface area contributed by atoms with E-state index in [0.717, 1.165) is 11.6 Å². The summed E-state index contributed by atoms with van der Waals surface area (Å²) in [5.74, 6) is -2.23. The van der Waals surface area contributed by atoms with Crippen molar-refractivity contribution in [1.82, 2.24) is 0 Å². The highest BCUT2D eigenvalue weighted by atomic mass is 16.8. The van der Waals surface area contributed by atoms with E-state index in [2.05, 4.69) is 40.7 Å². The number of aliphatic hydroxyl groups is 22. The van der Waals surface area contributed by atoms with Gasteiger partial charge in [0.1, 0.15) is 178 Å². The molecule has 4 saturated carbocycles. The van der Waals surface area contributed by atoms with Crippen LogP contribution < -0.4 is 4.74 Å². The maximum atomic E-state index is 15.4. The van der Waals surface area contributed by atoms with E-state index in [1.54, 1.807) is 0 Å². The number of rotatable bonds is 25. The van der Waals surface area contributed by atoms with E-state index in [1.807, 2.05) is 6.92 Å². The smallest absolute Gasteiger partial charge is 0.330 e. The fourth-order valence-corrected chi connectivity index (χ4v) is 22.8. The van der Waals surface area contributed by atoms with Crippen LogP contribution in [0, 0.1) is 50.2 Å². The average molecular weight is 1850 g/mol. The highest BCUT2D eigenvalue weighted by Crippen LogP contribution is 2.76. The summed E-state index contributed by atoms with van der Waals surface area (Å²) in [4.78, 5) is 28.1. The lowest BCUT2D eigenvalue weighted by Crippen LogP contribution is -2.67. The van der Waals surface area contributed by atoms with Crippen molar-refractivity contribution < 1.29 is 212 Å². The first-order valence-corrected chi connectivity index (χ1v) is 44.4. The lowest BCUT2D eigenvalue weighted by Gasteiger charge is -2.71. The van der Waals surface area contributed by atoms with E-state index in [0.29, 0.717) is 69.8 Å². The van der Waals surface area contributed by atoms with Gasteiger partial charge in [0.05, 0.1) is 70.5 Å². The Kier molecular flexibility index (Phi) is 31.0. The van der Waals surface area contributed by atoms with E-state index in [-0.39, 0.29) is 41.3 Å². The van der Waals surface area contributed by atoms with Crippen molar-refractivity contribution in [3.63, 3.8) is 0 Å². The van der Waals surface area contributed by atoms with Gasteiger partial charge >= 0.3 is 11.9 Å². The Morgan fingerprint density at radius 1 is 0.481 bits per heavy atom. The molecule has 23 N–H and O–H groups in total. The van der Waals surface area contributed by atoms with E-state index >= 15 is 4.79 Å². The Morgan fingerprint density at radius 3 is 1.65 bits per heavy atom. The van der Waals surface area contributed by atoms with E-state index in [4.69, 9.17) is 85.3 Å². The third kappa shape index (κ3) is 18.9. The third-order valence-electron chi connectivity index (χ3n) is 31.0. The minimum atomic E-state index is -2.10. The number of phenols is 1. The molecule has 734 valence electrons. The van der Waals surface area contributed by atoms with Crippen LogP contribution in [0.5, 0.6) is 11.5 Å². The zero-order valence-corrected chi connectivity index (χ0v) is 73.2. The zero-order valence-electron chi connectivity index (χ0n) is 73.2. The number of hydrogen-bond acceptors (Lipinski definition) is 43. The molecule has 0 aromatic heterocycles. The molecule has 1 aromatic rings. The van der Waals surface area contributed by atoms with Crippen LogP contribution in [0.1, 0.15) is 125 Å². The summed E-state index contributed by atoms with van der Waals surface area (Å²) in [7, 11) is 1.36. The van der Waals surface area contributed by atoms with Crippen molar-refractivity contribution in [2.24, 2.45) is 50.2 Å². The molecular weight excluding hydrogens is 1720 g/mol. The molecule has 1 aromatic carbocycles. The standard InChI is InChI=1S/C86H132O43/c1-33-50(93)56(99)62(105)74(117-33)125-68-41(26-87)119-72(65(108)59(68)102)115-30-44-54(97)58(101)64(107)77(123-44)129-80(111)86-22-20-81(3,4)25-37(86)36-12-14-47-82(5)18-17-48(83(6,32-89)46(82)16-19-85(47,8)84(36,7)21-23-86)124-79-71(52(95)39(91)28-114-79)128-78-67(110)70(51(94)34(2)118-78)127-73-61(104)55(98)45(31-116-73)121-75-66(109)60(103)69(42(27-88)120-75)126-76-63(106)57(100)53(96)43(122-76)29-113-49(92)15-11-35-10-13-40(112-9)38(90)24-35/h10-13,15,24,33-34,37,39,41-48,50-79,87-91,93-110H,14,16-23,25-32H2,1-9H3/t33-,34-,37?,39-,41+,42+,43+,44+,45+,46+,47+,48-,50-,51-,52-,53+,54+,55+,56+,57-,58-,59+,60+,61+,62+,63+,64+,65+,66+,67+,68+,69+,70+,71+,72+,73-,74-,75-,76-,77-,78-,79-,82-,83-,84+,85+,86-/m0/s1. The number of esters is 2. The van der Waals surface area contributed by atoms with Crippen molar-refractivity contribution in [2.75, 3.05) is 53.4 Å². The molecule has 13 aliphatic rings. The molecule has 0 amide bonds. The van der Waals surface area contributed by atoms with Gasteiger partial charge in [-0.3, -0.25) is 4.79 Å². The predicted molar refractivity (Wildman–Crippen MR) is 427 cm³/mol. The molecule has 129 heavy (non-hydrogen) atoms. The van der Waals surface area contributed by atoms with Crippen LogP contribution in [0.25, 0.3) is 6.08 Å². The molecular formula is C86H132O43. The Bertz CT molecular complexity index is 4000. The molecule has 43 nitrogen and oxygen atoms in total. The molecule has 12 fully saturated rings. The maximum absolute atomic E-state index is 15.4. The van der Waals surface area contributed by atoms with Crippen molar-refractivity contribution >= 4 is 18.0 Å². The number of fused-ring (bicyclic) bond motifs is 7. The first-order chi connectivity index (χ1) is 60.8. The first-order valence-electron chi connectivity index (χ1n) is 44.4. The van der Waals surface area contributed by atoms with Gasteiger partial charge in [-0.1, -0.05) is 59.3 Å². The van der Waals surface area contributed by atoms with Gasteiger partial charge in [-0.05, 0) is 141 Å². The number of allylic oxidation sites excluding steroid dienone is 2. The molecule has 8 heterocycles. The number of ether oxygens (including phenoxy) is 18. The van der Waals surface area contributed by atoms with Gasteiger partial charge in [0.25, 0.3) is 0 Å². The summed E-state index contributed by atoms with van der Waals surface area (Å²) in [6, 6.07) is 4.31. The van der Waals surface area contributed by atoms with Gasteiger partial charge in [-0.25, -0.2) is 4.79 Å². The van der Waals surface area contributed by atoms with Gasteiger partial charge in [0, 0.05) is 11.5 Å². The summed E-state index contributed by atoms with van der Waals surface area (Å²) in [5.41, 5.74) is -2.31. The second-order valence-corrected chi connectivity index (χ2v) is 39.2. The van der Waals surface area contributed by atoms with Gasteiger partial charge in [-0.15, -0.1) is 0 Å². The predicted octanol–water partition coefficient (Wildman–Crippen LogP) is -6.45. The normalized spacial score (nSPS) is 50.7. The van der Waals surface area contributed by atoms with Crippen molar-refractivity contribution in [1.29, 1.82) is 0 Å². The lowest BCUT2D eigenvalue weighted by molar-refractivity contribution is -0.386. The van der Waals surface area contributed by atoms with Gasteiger partial charge in [0.2, 0.25) is 6.29 Å². The van der Waals surface area contributed by atoms with Gasteiger partial charge in [0.15, 0.2) is 55.5 Å². The minimum Gasteiger partial charge on any atom is -0.504 e. The van der Waals surface area contributed by atoms with Gasteiger partial charge in [-0.2, -0.15) is 0 Å². The Balaban J connectivity index is 0.590. The maximum Gasteiger partial charge on any atom is 0.330 e. The topological polar surface area (TPSA) is 666 Å². The molecule has 0 radical (unpaired) electrons. The molecule has 14 rings (SSSR count). The molecule has 8 aliphatic heterocycles. The largest absolute Gasteiger partial charge is 0.504 e. The van der Waals surface area contributed by atoms with E-state index in [1.165, 1.54) is 45.2 Å². The highest BCUT2D eigenvalue weighted by molar-refractivity contribution is 5.87. The number of methoxy groups -OCH3 is 1. The summed E-state index contributed by atoms with van der Waals surface area (Å²) < 4.78 is 106. The monoisotopic (exact) mass is 1850 g/mol. The van der Waals surface area contributed by atoms with Crippen LogP contribution in [0.2, 0.25) is 0 Å². The first kappa shape index (κ1) is 101. The Hall–Kier alpha value is -4.24. The summed E-state index contributed by atoms with van der Waals surface area (Å²) >= 11 is 0. The minimum absolute atomic E-state index is 0.00105.